The van der Waals surface area contributed by atoms with E-state index in [9.17, 15) is 4.79 Å². The van der Waals surface area contributed by atoms with Crippen molar-refractivity contribution in [2.45, 2.75) is 6.42 Å². The number of carbonyl (C=O) groups is 1. The van der Waals surface area contributed by atoms with E-state index in [1.807, 2.05) is 24.3 Å². The van der Waals surface area contributed by atoms with Gasteiger partial charge in [-0.1, -0.05) is 60.4 Å². The molecule has 2 aliphatic heterocycles. The van der Waals surface area contributed by atoms with E-state index in [2.05, 4.69) is 29.2 Å². The first kappa shape index (κ1) is 18.6. The van der Waals surface area contributed by atoms with Gasteiger partial charge in [0.05, 0.1) is 18.1 Å². The van der Waals surface area contributed by atoms with E-state index in [4.69, 9.17) is 17.0 Å². The number of nitrogens with zero attached hydrogens (tertiary/aromatic N) is 2. The third-order valence-electron chi connectivity index (χ3n) is 4.90. The second-order valence-electron chi connectivity index (χ2n) is 6.75. The number of carbonyl (C=O) groups excluding carboxylic acids is 1. The number of thiocarbonyl (C=S) groups is 1. The molecule has 4 nitrogen and oxygen atoms in total. The molecule has 0 aromatic heterocycles. The quantitative estimate of drug-likeness (QED) is 0.566. The van der Waals surface area contributed by atoms with Crippen molar-refractivity contribution in [3.8, 4) is 0 Å². The molecule has 2 aliphatic rings. The van der Waals surface area contributed by atoms with Crippen LogP contribution in [0.1, 0.15) is 12.0 Å². The van der Waals surface area contributed by atoms with Gasteiger partial charge in [-0.15, -0.1) is 0 Å². The monoisotopic (exact) mass is 398 g/mol. The van der Waals surface area contributed by atoms with Crippen molar-refractivity contribution < 1.29 is 9.53 Å². The number of amides is 1. The molecule has 2 fully saturated rings. The average molecular weight is 399 g/mol. The minimum atomic E-state index is 0.0279. The number of thioether (sulfide) groups is 1. The number of hydrogen-bond donors (Lipinski definition) is 0. The standard InChI is InChI=1S/C21H22N2O2S2/c24-20-19(15-16-6-7-17-4-1-2-5-18(17)14-16)27-21(26)23(20)9-3-8-22-10-12-25-13-11-22/h1-2,4-7,14-15H,3,8-13H2/b19-15-. The summed E-state index contributed by atoms with van der Waals surface area (Å²) in [5, 5.41) is 2.37. The first-order chi connectivity index (χ1) is 13.2. The fourth-order valence-electron chi connectivity index (χ4n) is 3.42. The Morgan fingerprint density at radius 3 is 2.67 bits per heavy atom. The first-order valence-electron chi connectivity index (χ1n) is 9.25. The molecule has 0 atom stereocenters. The summed E-state index contributed by atoms with van der Waals surface area (Å²) in [5.74, 6) is 0.0279. The molecule has 6 heteroatoms. The summed E-state index contributed by atoms with van der Waals surface area (Å²) in [6.07, 6.45) is 2.88. The average Bonchev–Trinajstić information content (AvgIpc) is 2.96. The smallest absolute Gasteiger partial charge is 0.266 e. The molecule has 0 unspecified atom stereocenters. The van der Waals surface area contributed by atoms with Gasteiger partial charge in [0.25, 0.3) is 5.91 Å². The van der Waals surface area contributed by atoms with E-state index in [1.165, 1.54) is 22.5 Å². The van der Waals surface area contributed by atoms with Crippen LogP contribution in [0.25, 0.3) is 16.8 Å². The van der Waals surface area contributed by atoms with Gasteiger partial charge in [0.15, 0.2) is 0 Å². The molecule has 4 rings (SSSR count). The molecule has 0 N–H and O–H groups in total. The molecule has 2 heterocycles. The second kappa shape index (κ2) is 8.52. The van der Waals surface area contributed by atoms with Gasteiger partial charge in [-0.3, -0.25) is 14.6 Å². The van der Waals surface area contributed by atoms with Gasteiger partial charge in [-0.05, 0) is 34.9 Å². The SMILES string of the molecule is O=C1/C(=C/c2ccc3ccccc3c2)SC(=S)N1CCCN1CCOCC1. The molecule has 1 amide bonds. The highest BCUT2D eigenvalue weighted by molar-refractivity contribution is 8.26. The van der Waals surface area contributed by atoms with Gasteiger partial charge in [-0.25, -0.2) is 0 Å². The number of rotatable bonds is 5. The third kappa shape index (κ3) is 4.41. The lowest BCUT2D eigenvalue weighted by Gasteiger charge is -2.27. The zero-order chi connectivity index (χ0) is 18.6. The van der Waals surface area contributed by atoms with Crippen LogP contribution in [0, 0.1) is 0 Å². The molecule has 0 radical (unpaired) electrons. The van der Waals surface area contributed by atoms with Crippen LogP contribution in [0.3, 0.4) is 0 Å². The highest BCUT2D eigenvalue weighted by Gasteiger charge is 2.31. The topological polar surface area (TPSA) is 32.8 Å². The second-order valence-corrected chi connectivity index (χ2v) is 8.42. The maximum Gasteiger partial charge on any atom is 0.266 e. The van der Waals surface area contributed by atoms with E-state index in [0.29, 0.717) is 15.8 Å². The fraction of sp³-hybridized carbons (Fsp3) is 0.333. The van der Waals surface area contributed by atoms with Crippen LogP contribution < -0.4 is 0 Å². The Morgan fingerprint density at radius 2 is 1.85 bits per heavy atom. The number of benzene rings is 2. The van der Waals surface area contributed by atoms with Crippen LogP contribution in [-0.4, -0.2) is 59.4 Å². The van der Waals surface area contributed by atoms with Gasteiger partial charge >= 0.3 is 0 Å². The Morgan fingerprint density at radius 1 is 1.07 bits per heavy atom. The van der Waals surface area contributed by atoms with Crippen LogP contribution in [0.2, 0.25) is 0 Å². The zero-order valence-electron chi connectivity index (χ0n) is 15.1. The number of morpholine rings is 1. The Balaban J connectivity index is 1.41. The van der Waals surface area contributed by atoms with Gasteiger partial charge in [0, 0.05) is 26.2 Å². The van der Waals surface area contributed by atoms with Crippen molar-refractivity contribution in [1.82, 2.24) is 9.80 Å². The lowest BCUT2D eigenvalue weighted by Crippen LogP contribution is -2.38. The molecule has 140 valence electrons. The molecule has 0 saturated carbocycles. The van der Waals surface area contributed by atoms with Crippen LogP contribution in [0.5, 0.6) is 0 Å². The Kier molecular flexibility index (Phi) is 5.88. The zero-order valence-corrected chi connectivity index (χ0v) is 16.7. The predicted octanol–water partition coefficient (Wildman–Crippen LogP) is 3.76. The van der Waals surface area contributed by atoms with Crippen LogP contribution in [0.15, 0.2) is 47.4 Å². The lowest BCUT2D eigenvalue weighted by atomic mass is 10.1. The maximum absolute atomic E-state index is 12.8. The van der Waals surface area contributed by atoms with Crippen molar-refractivity contribution in [1.29, 1.82) is 0 Å². The minimum absolute atomic E-state index is 0.0279. The summed E-state index contributed by atoms with van der Waals surface area (Å²) in [6, 6.07) is 14.5. The molecule has 0 spiro atoms. The number of fused-ring (bicyclic) bond motifs is 1. The van der Waals surface area contributed by atoms with E-state index >= 15 is 0 Å². The molecule has 0 aliphatic carbocycles. The molecule has 2 aromatic rings. The lowest BCUT2D eigenvalue weighted by molar-refractivity contribution is -0.122. The third-order valence-corrected chi connectivity index (χ3v) is 6.28. The summed E-state index contributed by atoms with van der Waals surface area (Å²) in [7, 11) is 0. The molecular weight excluding hydrogens is 376 g/mol. The van der Waals surface area contributed by atoms with E-state index in [-0.39, 0.29) is 5.91 Å². The van der Waals surface area contributed by atoms with Crippen LogP contribution in [-0.2, 0) is 9.53 Å². The van der Waals surface area contributed by atoms with Crippen molar-refractivity contribution in [3.05, 3.63) is 52.9 Å². The summed E-state index contributed by atoms with van der Waals surface area (Å²) in [4.78, 5) is 17.6. The minimum Gasteiger partial charge on any atom is -0.379 e. The molecule has 2 aromatic carbocycles. The van der Waals surface area contributed by atoms with Crippen molar-refractivity contribution >= 4 is 51.1 Å². The van der Waals surface area contributed by atoms with Gasteiger partial charge < -0.3 is 4.74 Å². The highest BCUT2D eigenvalue weighted by Crippen LogP contribution is 2.33. The fourth-order valence-corrected chi connectivity index (χ4v) is 4.73. The molecule has 2 saturated heterocycles. The van der Waals surface area contributed by atoms with E-state index < -0.39 is 0 Å². The summed E-state index contributed by atoms with van der Waals surface area (Å²) < 4.78 is 6.03. The number of hydrogen-bond acceptors (Lipinski definition) is 5. The first-order valence-corrected chi connectivity index (χ1v) is 10.5. The Bertz CT molecular complexity index is 891. The van der Waals surface area contributed by atoms with Crippen LogP contribution in [0.4, 0.5) is 0 Å². The van der Waals surface area contributed by atoms with Gasteiger partial charge in [0.2, 0.25) is 0 Å². The predicted molar refractivity (Wildman–Crippen MR) is 116 cm³/mol. The van der Waals surface area contributed by atoms with Crippen molar-refractivity contribution in [2.75, 3.05) is 39.4 Å². The van der Waals surface area contributed by atoms with Crippen molar-refractivity contribution in [2.24, 2.45) is 0 Å². The Labute approximate surface area is 169 Å². The number of ether oxygens (including phenoxy) is 1. The molecule has 0 bridgehead atoms. The van der Waals surface area contributed by atoms with E-state index in [0.717, 1.165) is 44.8 Å². The summed E-state index contributed by atoms with van der Waals surface area (Å²) in [6.45, 7) is 5.20. The van der Waals surface area contributed by atoms with Gasteiger partial charge in [0.1, 0.15) is 4.32 Å². The Hall–Kier alpha value is -1.73. The summed E-state index contributed by atoms with van der Waals surface area (Å²) in [5.41, 5.74) is 1.03. The molecule has 27 heavy (non-hydrogen) atoms. The maximum atomic E-state index is 12.8. The summed E-state index contributed by atoms with van der Waals surface area (Å²) >= 11 is 6.85. The molecular formula is C21H22N2O2S2. The van der Waals surface area contributed by atoms with Gasteiger partial charge in [-0.2, -0.15) is 0 Å². The van der Waals surface area contributed by atoms with Crippen LogP contribution >= 0.6 is 24.0 Å². The van der Waals surface area contributed by atoms with E-state index in [1.54, 1.807) is 4.90 Å². The highest BCUT2D eigenvalue weighted by atomic mass is 32.2. The normalized spacial score (nSPS) is 20.1. The van der Waals surface area contributed by atoms with Crippen molar-refractivity contribution in [3.63, 3.8) is 0 Å². The largest absolute Gasteiger partial charge is 0.379 e.